The summed E-state index contributed by atoms with van der Waals surface area (Å²) in [6, 6.07) is 3.19. The van der Waals surface area contributed by atoms with Gasteiger partial charge in [-0.1, -0.05) is 32.9 Å². The van der Waals surface area contributed by atoms with Crippen LogP contribution in [0.25, 0.3) is 22.2 Å². The fraction of sp³-hybridized carbons (Fsp3) is 0.429. The molecule has 0 aliphatic heterocycles. The molecule has 1 aromatic heterocycles. The summed E-state index contributed by atoms with van der Waals surface area (Å²) in [6.45, 7) is 15.3. The number of aromatic nitrogens is 1. The van der Waals surface area contributed by atoms with Crippen LogP contribution in [0.5, 0.6) is 0 Å². The van der Waals surface area contributed by atoms with Gasteiger partial charge in [-0.25, -0.2) is 4.39 Å². The van der Waals surface area contributed by atoms with E-state index in [0.29, 0.717) is 5.92 Å². The molecular formula is C21H27FN2. The van der Waals surface area contributed by atoms with Gasteiger partial charge >= 0.3 is 0 Å². The van der Waals surface area contributed by atoms with E-state index in [1.807, 2.05) is 7.05 Å². The van der Waals surface area contributed by atoms with Crippen LogP contribution < -0.4 is 5.32 Å². The van der Waals surface area contributed by atoms with Crippen molar-refractivity contribution in [1.29, 1.82) is 0 Å². The fourth-order valence-corrected chi connectivity index (χ4v) is 3.84. The van der Waals surface area contributed by atoms with Gasteiger partial charge in [0.15, 0.2) is 0 Å². The molecule has 1 aromatic carbocycles. The maximum atomic E-state index is 14.2. The first-order valence-electron chi connectivity index (χ1n) is 8.56. The Labute approximate surface area is 143 Å². The number of aromatic amines is 1. The molecule has 0 spiro atoms. The Hall–Kier alpha value is -2.03. The van der Waals surface area contributed by atoms with E-state index >= 15 is 0 Å². The lowest BCUT2D eigenvalue weighted by Gasteiger charge is -2.38. The van der Waals surface area contributed by atoms with Crippen molar-refractivity contribution in [3.63, 3.8) is 0 Å². The Morgan fingerprint density at radius 3 is 2.58 bits per heavy atom. The van der Waals surface area contributed by atoms with E-state index in [9.17, 15) is 4.39 Å². The Kier molecular flexibility index (Phi) is 3.86. The summed E-state index contributed by atoms with van der Waals surface area (Å²) in [6.07, 6.45) is 1.03. The van der Waals surface area contributed by atoms with Crippen LogP contribution >= 0.6 is 0 Å². The normalized spacial score (nSPS) is 19.3. The van der Waals surface area contributed by atoms with E-state index in [1.165, 1.54) is 22.4 Å². The third-order valence-electron chi connectivity index (χ3n) is 5.66. The number of hydrogen-bond donors (Lipinski definition) is 2. The SMILES string of the molecule is C=C(NC)c1cc(F)cc2[nH]c3c(c12)C(=C(C)C)CC(C)(C)C3C. The highest BCUT2D eigenvalue weighted by Crippen LogP contribution is 2.52. The van der Waals surface area contributed by atoms with Gasteiger partial charge in [0.25, 0.3) is 0 Å². The quantitative estimate of drug-likeness (QED) is 0.714. The Morgan fingerprint density at radius 2 is 2.00 bits per heavy atom. The summed E-state index contributed by atoms with van der Waals surface area (Å²) in [5.74, 6) is 0.139. The number of nitrogens with one attached hydrogen (secondary N) is 2. The summed E-state index contributed by atoms with van der Waals surface area (Å²) in [4.78, 5) is 3.52. The number of H-pyrrole nitrogens is 1. The van der Waals surface area contributed by atoms with Gasteiger partial charge in [-0.15, -0.1) is 0 Å². The third-order valence-corrected chi connectivity index (χ3v) is 5.66. The maximum Gasteiger partial charge on any atom is 0.125 e. The van der Waals surface area contributed by atoms with Crippen molar-refractivity contribution >= 4 is 22.2 Å². The Bertz CT molecular complexity index is 864. The molecule has 0 radical (unpaired) electrons. The molecule has 0 fully saturated rings. The summed E-state index contributed by atoms with van der Waals surface area (Å²) in [5, 5.41) is 4.16. The van der Waals surface area contributed by atoms with Gasteiger partial charge in [0.2, 0.25) is 0 Å². The average molecular weight is 326 g/mol. The molecule has 3 heteroatoms. The average Bonchev–Trinajstić information content (AvgIpc) is 2.88. The van der Waals surface area contributed by atoms with Gasteiger partial charge in [0.05, 0.1) is 0 Å². The Balaban J connectivity index is 2.46. The van der Waals surface area contributed by atoms with E-state index in [1.54, 1.807) is 12.1 Å². The highest BCUT2D eigenvalue weighted by Gasteiger charge is 2.38. The first-order valence-corrected chi connectivity index (χ1v) is 8.56. The van der Waals surface area contributed by atoms with Crippen molar-refractivity contribution in [2.75, 3.05) is 7.05 Å². The van der Waals surface area contributed by atoms with Crippen molar-refractivity contribution in [1.82, 2.24) is 10.3 Å². The highest BCUT2D eigenvalue weighted by molar-refractivity contribution is 6.02. The molecule has 1 aliphatic rings. The molecule has 1 atom stereocenters. The highest BCUT2D eigenvalue weighted by atomic mass is 19.1. The first kappa shape index (κ1) is 16.8. The van der Waals surface area contributed by atoms with Crippen LogP contribution in [0, 0.1) is 11.2 Å². The zero-order chi connectivity index (χ0) is 17.8. The van der Waals surface area contributed by atoms with Gasteiger partial charge in [0.1, 0.15) is 5.82 Å². The number of rotatable bonds is 2. The van der Waals surface area contributed by atoms with E-state index in [2.05, 4.69) is 51.5 Å². The first-order chi connectivity index (χ1) is 11.2. The predicted molar refractivity (Wildman–Crippen MR) is 101 cm³/mol. The third kappa shape index (κ3) is 2.38. The largest absolute Gasteiger partial charge is 0.388 e. The van der Waals surface area contributed by atoms with Crippen LogP contribution in [0.4, 0.5) is 4.39 Å². The van der Waals surface area contributed by atoms with E-state index in [4.69, 9.17) is 0 Å². The minimum Gasteiger partial charge on any atom is -0.388 e. The van der Waals surface area contributed by atoms with Crippen LogP contribution in [0.3, 0.4) is 0 Å². The van der Waals surface area contributed by atoms with Crippen LogP contribution in [0.2, 0.25) is 0 Å². The summed E-state index contributed by atoms with van der Waals surface area (Å²) < 4.78 is 14.2. The fourth-order valence-electron chi connectivity index (χ4n) is 3.84. The number of fused-ring (bicyclic) bond motifs is 3. The van der Waals surface area contributed by atoms with Crippen molar-refractivity contribution in [3.05, 3.63) is 46.9 Å². The molecule has 1 aliphatic carbocycles. The lowest BCUT2D eigenvalue weighted by molar-refractivity contribution is 0.296. The van der Waals surface area contributed by atoms with Crippen LogP contribution in [0.1, 0.15) is 63.8 Å². The molecular weight excluding hydrogens is 299 g/mol. The zero-order valence-electron chi connectivity index (χ0n) is 15.5. The molecule has 0 amide bonds. The second-order valence-electron chi connectivity index (χ2n) is 7.88. The Morgan fingerprint density at radius 1 is 1.33 bits per heavy atom. The lowest BCUT2D eigenvalue weighted by atomic mass is 9.66. The van der Waals surface area contributed by atoms with E-state index < -0.39 is 0 Å². The molecule has 24 heavy (non-hydrogen) atoms. The minimum atomic E-state index is -0.238. The van der Waals surface area contributed by atoms with Crippen LogP contribution in [-0.2, 0) is 0 Å². The molecule has 128 valence electrons. The van der Waals surface area contributed by atoms with Gasteiger partial charge in [-0.05, 0) is 43.4 Å². The second kappa shape index (κ2) is 5.51. The van der Waals surface area contributed by atoms with Crippen molar-refractivity contribution < 1.29 is 4.39 Å². The van der Waals surface area contributed by atoms with Crippen molar-refractivity contribution in [2.45, 2.75) is 47.0 Å². The molecule has 2 N–H and O–H groups in total. The van der Waals surface area contributed by atoms with Gasteiger partial charge in [-0.3, -0.25) is 0 Å². The molecule has 2 aromatic rings. The minimum absolute atomic E-state index is 0.166. The maximum absolute atomic E-state index is 14.2. The number of halogens is 1. The van der Waals surface area contributed by atoms with Crippen molar-refractivity contribution in [2.24, 2.45) is 5.41 Å². The molecule has 1 heterocycles. The van der Waals surface area contributed by atoms with Crippen LogP contribution in [-0.4, -0.2) is 12.0 Å². The molecule has 1 unspecified atom stereocenters. The number of hydrogen-bond acceptors (Lipinski definition) is 1. The monoisotopic (exact) mass is 326 g/mol. The predicted octanol–water partition coefficient (Wildman–Crippen LogP) is 5.82. The van der Waals surface area contributed by atoms with Crippen molar-refractivity contribution in [3.8, 4) is 0 Å². The topological polar surface area (TPSA) is 27.8 Å². The molecule has 2 nitrogen and oxygen atoms in total. The standard InChI is InChI=1S/C21H27FN2/c1-11(2)16-10-21(5,6)12(3)20-19(16)18-15(13(4)23-7)8-14(22)9-17(18)24-20/h8-9,12,23-24H,4,10H2,1-3,5-7H3. The summed E-state index contributed by atoms with van der Waals surface area (Å²) >= 11 is 0. The van der Waals surface area contributed by atoms with Gasteiger partial charge < -0.3 is 10.3 Å². The van der Waals surface area contributed by atoms with Crippen LogP contribution in [0.15, 0.2) is 24.3 Å². The number of benzene rings is 1. The summed E-state index contributed by atoms with van der Waals surface area (Å²) in [7, 11) is 1.83. The number of allylic oxidation sites excluding steroid dienone is 2. The molecule has 3 rings (SSSR count). The summed E-state index contributed by atoms with van der Waals surface area (Å²) in [5.41, 5.74) is 7.77. The molecule has 0 bridgehead atoms. The zero-order valence-corrected chi connectivity index (χ0v) is 15.5. The molecule has 0 saturated carbocycles. The van der Waals surface area contributed by atoms with E-state index in [-0.39, 0.29) is 11.2 Å². The second-order valence-corrected chi connectivity index (χ2v) is 7.88. The van der Waals surface area contributed by atoms with Gasteiger partial charge in [-0.2, -0.15) is 0 Å². The molecule has 0 saturated heterocycles. The smallest absolute Gasteiger partial charge is 0.125 e. The van der Waals surface area contributed by atoms with Gasteiger partial charge in [0, 0.05) is 46.4 Å². The lowest BCUT2D eigenvalue weighted by Crippen LogP contribution is -2.26. The van der Waals surface area contributed by atoms with E-state index in [0.717, 1.165) is 28.6 Å².